The van der Waals surface area contributed by atoms with E-state index in [1.165, 1.54) is 0 Å². The molecule has 176 valence electrons. The topological polar surface area (TPSA) is 106 Å². The summed E-state index contributed by atoms with van der Waals surface area (Å²) in [5, 5.41) is 4.62. The van der Waals surface area contributed by atoms with E-state index < -0.39 is 10.0 Å². The Morgan fingerprint density at radius 2 is 1.88 bits per heavy atom. The Hall–Kier alpha value is -2.85. The zero-order valence-electron chi connectivity index (χ0n) is 19.0. The number of para-hydroxylation sites is 1. The summed E-state index contributed by atoms with van der Waals surface area (Å²) in [6, 6.07) is 7.29. The summed E-state index contributed by atoms with van der Waals surface area (Å²) < 4.78 is 44.2. The van der Waals surface area contributed by atoms with Crippen LogP contribution in [0.4, 0.5) is 0 Å². The molecule has 9 nitrogen and oxygen atoms in total. The van der Waals surface area contributed by atoms with Gasteiger partial charge < -0.3 is 18.6 Å². The van der Waals surface area contributed by atoms with E-state index in [0.717, 1.165) is 24.6 Å². The number of aromatic nitrogens is 1. The number of fused-ring (bicyclic) bond motifs is 1. The summed E-state index contributed by atoms with van der Waals surface area (Å²) >= 11 is 0. The Bertz CT molecular complexity index is 1300. The average Bonchev–Trinajstić information content (AvgIpc) is 3.51. The first-order valence-electron chi connectivity index (χ1n) is 11.0. The largest absolute Gasteiger partial charge is 0.493 e. The highest BCUT2D eigenvalue weighted by atomic mass is 32.2. The Labute approximate surface area is 192 Å². The number of hydrogen-bond donors (Lipinski definition) is 0. The van der Waals surface area contributed by atoms with Gasteiger partial charge in [-0.25, -0.2) is 8.42 Å². The van der Waals surface area contributed by atoms with Gasteiger partial charge in [0.15, 0.2) is 22.9 Å². The molecule has 3 aromatic rings. The number of nitrogens with zero attached hydrogens (tertiary/aromatic N) is 3. The lowest BCUT2D eigenvalue weighted by Gasteiger charge is -2.39. The third-order valence-electron chi connectivity index (χ3n) is 7.02. The Morgan fingerprint density at radius 3 is 2.55 bits per heavy atom. The smallest absolute Gasteiger partial charge is 0.289 e. The molecule has 10 heteroatoms. The number of carbonyl (C=O) groups is 1. The molecule has 2 aliphatic rings. The van der Waals surface area contributed by atoms with Crippen LogP contribution in [0.2, 0.25) is 0 Å². The molecule has 1 amide bonds. The second-order valence-electron chi connectivity index (χ2n) is 9.02. The van der Waals surface area contributed by atoms with Crippen LogP contribution in [0.5, 0.6) is 5.75 Å². The Kier molecular flexibility index (Phi) is 5.24. The second-order valence-corrected chi connectivity index (χ2v) is 10.9. The first-order valence-corrected chi connectivity index (χ1v) is 12.5. The van der Waals surface area contributed by atoms with Crippen LogP contribution >= 0.6 is 0 Å². The van der Waals surface area contributed by atoms with Gasteiger partial charge >= 0.3 is 0 Å². The molecule has 33 heavy (non-hydrogen) atoms. The van der Waals surface area contributed by atoms with E-state index >= 15 is 0 Å². The van der Waals surface area contributed by atoms with Crippen LogP contribution < -0.4 is 4.74 Å². The minimum absolute atomic E-state index is 0.125. The number of sulfonamides is 1. The van der Waals surface area contributed by atoms with Crippen LogP contribution in [0.25, 0.3) is 11.0 Å². The molecule has 2 aromatic heterocycles. The van der Waals surface area contributed by atoms with Crippen LogP contribution in [-0.2, 0) is 10.0 Å². The fourth-order valence-corrected chi connectivity index (χ4v) is 6.97. The van der Waals surface area contributed by atoms with Crippen molar-refractivity contribution < 1.29 is 26.9 Å². The minimum Gasteiger partial charge on any atom is -0.493 e. The number of hydrogen-bond acceptors (Lipinski definition) is 7. The van der Waals surface area contributed by atoms with Gasteiger partial charge in [0, 0.05) is 31.6 Å². The highest BCUT2D eigenvalue weighted by Gasteiger charge is 2.46. The number of furan rings is 1. The van der Waals surface area contributed by atoms with Crippen molar-refractivity contribution in [2.45, 2.75) is 38.0 Å². The third-order valence-corrected chi connectivity index (χ3v) is 9.11. The van der Waals surface area contributed by atoms with Crippen molar-refractivity contribution in [3.8, 4) is 5.75 Å². The lowest BCUT2D eigenvalue weighted by atomic mass is 9.78. The molecule has 0 aliphatic carbocycles. The van der Waals surface area contributed by atoms with Crippen molar-refractivity contribution in [2.24, 2.45) is 5.41 Å². The lowest BCUT2D eigenvalue weighted by Crippen LogP contribution is -2.44. The standard InChI is InChI=1S/C23H27N3O6S/c1-15-21(16(2)32-24-15)33(28,29)26-12-9-23(14-26)7-10-25(11-8-23)22(27)19-13-17-5-4-6-18(30-3)20(17)31-19/h4-6,13H,7-12,14H2,1-3H3. The van der Waals surface area contributed by atoms with E-state index in [1.807, 2.05) is 12.1 Å². The van der Waals surface area contributed by atoms with E-state index in [4.69, 9.17) is 13.7 Å². The van der Waals surface area contributed by atoms with E-state index in [9.17, 15) is 13.2 Å². The molecular formula is C23H27N3O6S. The molecule has 0 saturated carbocycles. The number of benzene rings is 1. The Morgan fingerprint density at radius 1 is 1.15 bits per heavy atom. The summed E-state index contributed by atoms with van der Waals surface area (Å²) in [6.07, 6.45) is 2.27. The van der Waals surface area contributed by atoms with Crippen molar-refractivity contribution in [3.05, 3.63) is 41.5 Å². The van der Waals surface area contributed by atoms with Crippen LogP contribution in [-0.4, -0.2) is 62.0 Å². The Balaban J connectivity index is 1.28. The van der Waals surface area contributed by atoms with E-state index in [2.05, 4.69) is 5.16 Å². The molecule has 1 spiro atoms. The molecule has 2 aliphatic heterocycles. The van der Waals surface area contributed by atoms with Gasteiger partial charge in [0.05, 0.1) is 7.11 Å². The summed E-state index contributed by atoms with van der Waals surface area (Å²) in [4.78, 5) is 15.1. The fraction of sp³-hybridized carbons (Fsp3) is 0.478. The summed E-state index contributed by atoms with van der Waals surface area (Å²) in [6.45, 7) is 5.30. The molecule has 0 N–H and O–H groups in total. The third kappa shape index (κ3) is 3.61. The molecule has 2 saturated heterocycles. The van der Waals surface area contributed by atoms with Crippen molar-refractivity contribution in [1.29, 1.82) is 0 Å². The molecule has 4 heterocycles. The number of rotatable bonds is 4. The summed E-state index contributed by atoms with van der Waals surface area (Å²) in [7, 11) is -2.09. The van der Waals surface area contributed by atoms with Crippen LogP contribution in [0, 0.1) is 19.3 Å². The SMILES string of the molecule is COc1cccc2cc(C(=O)N3CCC4(CC3)CCN(S(=O)(=O)c3c(C)noc3C)C4)oc12. The molecule has 0 unspecified atom stereocenters. The number of aryl methyl sites for hydroxylation is 2. The number of piperidine rings is 1. The maximum Gasteiger partial charge on any atom is 0.289 e. The summed E-state index contributed by atoms with van der Waals surface area (Å²) in [5.41, 5.74) is 0.823. The number of carbonyl (C=O) groups excluding carboxylic acids is 1. The molecule has 5 rings (SSSR count). The molecule has 2 fully saturated rings. The molecule has 0 atom stereocenters. The molecular weight excluding hydrogens is 446 g/mol. The predicted octanol–water partition coefficient (Wildman–Crippen LogP) is 3.36. The van der Waals surface area contributed by atoms with Gasteiger partial charge in [-0.3, -0.25) is 4.79 Å². The number of ether oxygens (including phenoxy) is 1. The van der Waals surface area contributed by atoms with Gasteiger partial charge in [-0.15, -0.1) is 0 Å². The van der Waals surface area contributed by atoms with E-state index in [0.29, 0.717) is 54.7 Å². The van der Waals surface area contributed by atoms with E-state index in [-0.39, 0.29) is 16.2 Å². The van der Waals surface area contributed by atoms with Crippen molar-refractivity contribution in [2.75, 3.05) is 33.3 Å². The van der Waals surface area contributed by atoms with Gasteiger partial charge in [-0.1, -0.05) is 17.3 Å². The maximum absolute atomic E-state index is 13.2. The number of amides is 1. The summed E-state index contributed by atoms with van der Waals surface area (Å²) in [5.74, 6) is 1.05. The zero-order chi connectivity index (χ0) is 23.4. The van der Waals surface area contributed by atoms with Crippen LogP contribution in [0.3, 0.4) is 0 Å². The van der Waals surface area contributed by atoms with Gasteiger partial charge in [0.2, 0.25) is 10.0 Å². The quantitative estimate of drug-likeness (QED) is 0.572. The van der Waals surface area contributed by atoms with Gasteiger partial charge in [-0.05, 0) is 50.7 Å². The minimum atomic E-state index is -3.66. The predicted molar refractivity (Wildman–Crippen MR) is 120 cm³/mol. The monoisotopic (exact) mass is 473 g/mol. The second kappa shape index (κ2) is 7.88. The fourth-order valence-electron chi connectivity index (χ4n) is 5.12. The first kappa shape index (κ1) is 22.0. The highest BCUT2D eigenvalue weighted by molar-refractivity contribution is 7.89. The number of methoxy groups -OCH3 is 1. The van der Waals surface area contributed by atoms with E-state index in [1.54, 1.807) is 42.3 Å². The average molecular weight is 474 g/mol. The van der Waals surface area contributed by atoms with Crippen molar-refractivity contribution in [3.63, 3.8) is 0 Å². The highest BCUT2D eigenvalue weighted by Crippen LogP contribution is 2.43. The van der Waals surface area contributed by atoms with Gasteiger partial charge in [0.1, 0.15) is 10.6 Å². The number of likely N-dealkylation sites (tertiary alicyclic amines) is 1. The maximum atomic E-state index is 13.2. The van der Waals surface area contributed by atoms with Gasteiger partial charge in [0.25, 0.3) is 5.91 Å². The van der Waals surface area contributed by atoms with Crippen molar-refractivity contribution >= 4 is 26.9 Å². The molecule has 1 aromatic carbocycles. The van der Waals surface area contributed by atoms with Crippen LogP contribution in [0.1, 0.15) is 41.3 Å². The first-order chi connectivity index (χ1) is 15.7. The lowest BCUT2D eigenvalue weighted by molar-refractivity contribution is 0.0571. The molecule has 0 bridgehead atoms. The van der Waals surface area contributed by atoms with Crippen molar-refractivity contribution in [1.82, 2.24) is 14.4 Å². The van der Waals surface area contributed by atoms with Crippen LogP contribution in [0.15, 0.2) is 38.1 Å². The normalized spacial score (nSPS) is 18.9. The van der Waals surface area contributed by atoms with Gasteiger partial charge in [-0.2, -0.15) is 4.31 Å². The molecule has 0 radical (unpaired) electrons. The zero-order valence-corrected chi connectivity index (χ0v) is 19.8.